The van der Waals surface area contributed by atoms with Gasteiger partial charge in [0.2, 0.25) is 5.91 Å². The Labute approximate surface area is 147 Å². The maximum absolute atomic E-state index is 11.9. The average molecular weight is 334 g/mol. The summed E-state index contributed by atoms with van der Waals surface area (Å²) in [5.74, 6) is 0.767. The number of aliphatic imine (C=N–C) groups is 1. The van der Waals surface area contributed by atoms with Gasteiger partial charge in [-0.1, -0.05) is 62.3 Å². The molecule has 2 unspecified atom stereocenters. The summed E-state index contributed by atoms with van der Waals surface area (Å²) in [4.78, 5) is 19.4. The first-order valence-corrected chi connectivity index (χ1v) is 9.02. The minimum absolute atomic E-state index is 0.00494. The average Bonchev–Trinajstić information content (AvgIpc) is 2.76. The molecule has 1 amide bonds. The molecule has 2 N–H and O–H groups in total. The normalized spacial score (nSPS) is 25.7. The van der Waals surface area contributed by atoms with Crippen LogP contribution in [0, 0.1) is 22.2 Å². The number of carbonyl (C=O) groups excluding carboxylic acids is 1. The molecule has 4 heteroatoms. The molecule has 24 heavy (non-hydrogen) atoms. The summed E-state index contributed by atoms with van der Waals surface area (Å²) < 4.78 is 0. The molecular formula is C20H35N3O. The number of hydrogen-bond acceptors (Lipinski definition) is 3. The highest BCUT2D eigenvalue weighted by Crippen LogP contribution is 2.48. The fraction of sp³-hybridized carbons (Fsp3) is 0.800. The highest BCUT2D eigenvalue weighted by Gasteiger charge is 2.47. The largest absolute Gasteiger partial charge is 0.369 e. The van der Waals surface area contributed by atoms with Crippen LogP contribution in [0.4, 0.5) is 0 Å². The fourth-order valence-corrected chi connectivity index (χ4v) is 3.88. The molecule has 4 nitrogen and oxygen atoms in total. The van der Waals surface area contributed by atoms with E-state index < -0.39 is 0 Å². The van der Waals surface area contributed by atoms with E-state index in [1.165, 1.54) is 11.3 Å². The van der Waals surface area contributed by atoms with E-state index in [1.54, 1.807) is 0 Å². The van der Waals surface area contributed by atoms with Gasteiger partial charge in [0.05, 0.1) is 12.0 Å². The molecule has 2 aliphatic heterocycles. The molecule has 0 aromatic rings. The summed E-state index contributed by atoms with van der Waals surface area (Å²) in [6, 6.07) is 0.129. The number of amides is 1. The molecule has 0 aromatic heterocycles. The number of fused-ring (bicyclic) bond motifs is 1. The Bertz CT molecular complexity index is 594. The van der Waals surface area contributed by atoms with Crippen LogP contribution in [0.25, 0.3) is 0 Å². The second-order valence-corrected chi connectivity index (χ2v) is 10.5. The first-order chi connectivity index (χ1) is 10.6. The van der Waals surface area contributed by atoms with Crippen LogP contribution in [0.1, 0.15) is 68.7 Å². The predicted octanol–water partition coefficient (Wildman–Crippen LogP) is 3.97. The highest BCUT2D eigenvalue weighted by atomic mass is 16.1. The van der Waals surface area contributed by atoms with Crippen molar-refractivity contribution < 1.29 is 4.79 Å². The molecule has 2 aliphatic rings. The van der Waals surface area contributed by atoms with E-state index in [9.17, 15) is 4.79 Å². The molecule has 1 saturated heterocycles. The first-order valence-electron chi connectivity index (χ1n) is 9.02. The summed E-state index contributed by atoms with van der Waals surface area (Å²) in [6.45, 7) is 20.8. The number of allylic oxidation sites excluding steroid dienone is 1. The Balaban J connectivity index is 2.69. The van der Waals surface area contributed by atoms with Gasteiger partial charge < -0.3 is 10.6 Å². The highest BCUT2D eigenvalue weighted by molar-refractivity contribution is 5.92. The van der Waals surface area contributed by atoms with E-state index in [0.29, 0.717) is 6.54 Å². The number of nitrogens with zero attached hydrogens (tertiary/aromatic N) is 2. The molecule has 0 radical (unpaired) electrons. The maximum atomic E-state index is 11.9. The molecule has 0 saturated carbocycles. The Morgan fingerprint density at radius 1 is 1.04 bits per heavy atom. The van der Waals surface area contributed by atoms with Crippen LogP contribution >= 0.6 is 0 Å². The number of carbonyl (C=O) groups is 1. The molecule has 0 bridgehead atoms. The van der Waals surface area contributed by atoms with Crippen LogP contribution in [0.5, 0.6) is 0 Å². The Morgan fingerprint density at radius 2 is 1.58 bits per heavy atom. The lowest BCUT2D eigenvalue weighted by molar-refractivity contribution is -0.121. The van der Waals surface area contributed by atoms with Gasteiger partial charge in [-0.3, -0.25) is 9.79 Å². The van der Waals surface area contributed by atoms with Crippen molar-refractivity contribution in [2.24, 2.45) is 32.9 Å². The second-order valence-electron chi connectivity index (χ2n) is 10.5. The van der Waals surface area contributed by atoms with E-state index in [0.717, 1.165) is 12.3 Å². The number of nitrogens with two attached hydrogens (primary N) is 1. The van der Waals surface area contributed by atoms with Gasteiger partial charge in [-0.05, 0) is 16.4 Å². The summed E-state index contributed by atoms with van der Waals surface area (Å²) in [6.07, 6.45) is 0.740. The summed E-state index contributed by atoms with van der Waals surface area (Å²) >= 11 is 0. The van der Waals surface area contributed by atoms with Gasteiger partial charge in [-0.25, -0.2) is 0 Å². The molecule has 0 aromatic carbocycles. The van der Waals surface area contributed by atoms with E-state index in [-0.39, 0.29) is 34.1 Å². The van der Waals surface area contributed by atoms with Crippen molar-refractivity contribution in [2.75, 3.05) is 6.54 Å². The third-order valence-corrected chi connectivity index (χ3v) is 4.96. The smallest absolute Gasteiger partial charge is 0.222 e. The standard InChI is InChI=1S/C20H35N3O/c1-18(2,3)14-13-10-12(16(21)24)11-23(13)17(20(7,8)9)22-15(14)19(4,5)6/h12,15H,10-11H2,1-9H3,(H2,21,24). The van der Waals surface area contributed by atoms with E-state index in [2.05, 4.69) is 67.2 Å². The Kier molecular flexibility index (Phi) is 4.44. The second kappa shape index (κ2) is 5.60. The zero-order valence-electron chi connectivity index (χ0n) is 16.9. The van der Waals surface area contributed by atoms with E-state index >= 15 is 0 Å². The minimum atomic E-state index is -0.203. The maximum Gasteiger partial charge on any atom is 0.222 e. The zero-order chi connectivity index (χ0) is 18.7. The van der Waals surface area contributed by atoms with Gasteiger partial charge in [0, 0.05) is 24.1 Å². The van der Waals surface area contributed by atoms with Gasteiger partial charge in [0.15, 0.2) is 0 Å². The molecule has 2 rings (SSSR count). The summed E-state index contributed by atoms with van der Waals surface area (Å²) in [5, 5.41) is 0. The van der Waals surface area contributed by atoms with Crippen molar-refractivity contribution >= 4 is 11.7 Å². The van der Waals surface area contributed by atoms with Gasteiger partial charge in [0.25, 0.3) is 0 Å². The quantitative estimate of drug-likeness (QED) is 0.789. The Hall–Kier alpha value is -1.32. The lowest BCUT2D eigenvalue weighted by Gasteiger charge is -2.45. The van der Waals surface area contributed by atoms with Crippen molar-refractivity contribution in [3.05, 3.63) is 11.3 Å². The van der Waals surface area contributed by atoms with Gasteiger partial charge in [0.1, 0.15) is 5.84 Å². The van der Waals surface area contributed by atoms with Crippen molar-refractivity contribution in [3.8, 4) is 0 Å². The third kappa shape index (κ3) is 3.38. The van der Waals surface area contributed by atoms with Gasteiger partial charge >= 0.3 is 0 Å². The number of rotatable bonds is 1. The van der Waals surface area contributed by atoms with E-state index in [1.807, 2.05) is 0 Å². The van der Waals surface area contributed by atoms with Crippen molar-refractivity contribution in [1.82, 2.24) is 4.90 Å². The minimum Gasteiger partial charge on any atom is -0.369 e. The zero-order valence-corrected chi connectivity index (χ0v) is 16.9. The number of amidine groups is 1. The molecule has 136 valence electrons. The molecule has 1 fully saturated rings. The molecule has 0 spiro atoms. The van der Waals surface area contributed by atoms with Gasteiger partial charge in [-0.2, -0.15) is 0 Å². The SMILES string of the molecule is CC(C)(C)C1=NC(C(C)(C)C)C(C(C)(C)C)=C2CC(C(N)=O)CN12. The van der Waals surface area contributed by atoms with Crippen LogP contribution in [-0.2, 0) is 4.79 Å². The summed E-state index contributed by atoms with van der Waals surface area (Å²) in [5.41, 5.74) is 8.28. The van der Waals surface area contributed by atoms with E-state index in [4.69, 9.17) is 10.7 Å². The number of primary amides is 1. The molecular weight excluding hydrogens is 298 g/mol. The first kappa shape index (κ1) is 19.0. The van der Waals surface area contributed by atoms with Crippen LogP contribution in [0.15, 0.2) is 16.3 Å². The van der Waals surface area contributed by atoms with Crippen molar-refractivity contribution in [1.29, 1.82) is 0 Å². The monoisotopic (exact) mass is 333 g/mol. The molecule has 2 heterocycles. The summed E-state index contributed by atoms with van der Waals surface area (Å²) in [7, 11) is 0. The van der Waals surface area contributed by atoms with Crippen LogP contribution in [0.3, 0.4) is 0 Å². The van der Waals surface area contributed by atoms with Crippen LogP contribution in [0.2, 0.25) is 0 Å². The fourth-order valence-electron chi connectivity index (χ4n) is 3.88. The van der Waals surface area contributed by atoms with Crippen LogP contribution in [-0.4, -0.2) is 29.2 Å². The van der Waals surface area contributed by atoms with Crippen molar-refractivity contribution in [3.63, 3.8) is 0 Å². The molecule has 0 aliphatic carbocycles. The lowest BCUT2D eigenvalue weighted by atomic mass is 9.70. The van der Waals surface area contributed by atoms with Crippen LogP contribution < -0.4 is 5.73 Å². The predicted molar refractivity (Wildman–Crippen MR) is 101 cm³/mol. The van der Waals surface area contributed by atoms with Crippen molar-refractivity contribution in [2.45, 2.75) is 74.8 Å². The number of hydrogen-bond donors (Lipinski definition) is 1. The molecule has 2 atom stereocenters. The topological polar surface area (TPSA) is 58.7 Å². The third-order valence-electron chi connectivity index (χ3n) is 4.96. The Morgan fingerprint density at radius 3 is 1.96 bits per heavy atom. The van der Waals surface area contributed by atoms with Gasteiger partial charge in [-0.15, -0.1) is 0 Å². The lowest BCUT2D eigenvalue weighted by Crippen LogP contribution is -2.47.